The van der Waals surface area contributed by atoms with E-state index in [4.69, 9.17) is 0 Å². The van der Waals surface area contributed by atoms with Crippen LogP contribution in [0.3, 0.4) is 0 Å². The third kappa shape index (κ3) is 3.83. The fraction of sp³-hybridized carbons (Fsp3) is 0.700. The van der Waals surface area contributed by atoms with Gasteiger partial charge in [-0.3, -0.25) is 14.7 Å². The van der Waals surface area contributed by atoms with Crippen LogP contribution in [0.1, 0.15) is 24.8 Å². The van der Waals surface area contributed by atoms with Crippen LogP contribution in [0.25, 0.3) is 0 Å². The Kier molecular flexibility index (Phi) is 5.48. The molecule has 1 aromatic rings. The molecule has 0 spiro atoms. The fourth-order valence-corrected chi connectivity index (χ4v) is 4.88. The SMILES string of the molecule is c1ccc(CN2CCN([C@H]3CCC[C@H]3N3CCNCC3)CC2)cc1. The van der Waals surface area contributed by atoms with Crippen LogP contribution in [0.15, 0.2) is 30.3 Å². The largest absolute Gasteiger partial charge is 0.314 e. The maximum absolute atomic E-state index is 3.50. The summed E-state index contributed by atoms with van der Waals surface area (Å²) in [5, 5.41) is 3.50. The molecule has 0 aromatic heterocycles. The van der Waals surface area contributed by atoms with Gasteiger partial charge in [-0.2, -0.15) is 0 Å². The minimum Gasteiger partial charge on any atom is -0.314 e. The van der Waals surface area contributed by atoms with Gasteiger partial charge < -0.3 is 5.32 Å². The Morgan fingerprint density at radius 1 is 0.792 bits per heavy atom. The van der Waals surface area contributed by atoms with Gasteiger partial charge in [-0.1, -0.05) is 36.8 Å². The van der Waals surface area contributed by atoms with E-state index in [0.717, 1.165) is 18.6 Å². The lowest BCUT2D eigenvalue weighted by atomic mass is 10.1. The highest BCUT2D eigenvalue weighted by Crippen LogP contribution is 2.29. The molecule has 4 rings (SSSR count). The van der Waals surface area contributed by atoms with Crippen molar-refractivity contribution in [3.8, 4) is 0 Å². The molecule has 3 aliphatic rings. The smallest absolute Gasteiger partial charge is 0.0252 e. The highest BCUT2D eigenvalue weighted by molar-refractivity contribution is 5.14. The monoisotopic (exact) mass is 328 g/mol. The normalized spacial score (nSPS) is 30.7. The summed E-state index contributed by atoms with van der Waals surface area (Å²) < 4.78 is 0. The van der Waals surface area contributed by atoms with Crippen LogP contribution in [-0.4, -0.2) is 79.1 Å². The zero-order valence-corrected chi connectivity index (χ0v) is 14.9. The van der Waals surface area contributed by atoms with Gasteiger partial charge in [0.15, 0.2) is 0 Å². The van der Waals surface area contributed by atoms with Crippen LogP contribution in [-0.2, 0) is 6.54 Å². The molecule has 2 saturated heterocycles. The average molecular weight is 329 g/mol. The van der Waals surface area contributed by atoms with Crippen LogP contribution in [0.4, 0.5) is 0 Å². The van der Waals surface area contributed by atoms with E-state index in [-0.39, 0.29) is 0 Å². The minimum atomic E-state index is 0.807. The van der Waals surface area contributed by atoms with Gasteiger partial charge in [0.25, 0.3) is 0 Å². The van der Waals surface area contributed by atoms with Gasteiger partial charge in [-0.25, -0.2) is 0 Å². The van der Waals surface area contributed by atoms with Crippen molar-refractivity contribution in [3.63, 3.8) is 0 Å². The Morgan fingerprint density at radius 3 is 2.08 bits per heavy atom. The first-order chi connectivity index (χ1) is 11.9. The van der Waals surface area contributed by atoms with E-state index in [1.165, 1.54) is 77.2 Å². The quantitative estimate of drug-likeness (QED) is 0.907. The molecule has 0 radical (unpaired) electrons. The zero-order chi connectivity index (χ0) is 16.2. The molecule has 1 aromatic carbocycles. The number of benzene rings is 1. The van der Waals surface area contributed by atoms with Crippen molar-refractivity contribution < 1.29 is 0 Å². The molecular weight excluding hydrogens is 296 g/mol. The van der Waals surface area contributed by atoms with E-state index in [0.29, 0.717) is 0 Å². The van der Waals surface area contributed by atoms with Crippen molar-refractivity contribution in [2.75, 3.05) is 52.4 Å². The molecule has 0 bridgehead atoms. The van der Waals surface area contributed by atoms with Gasteiger partial charge in [0, 0.05) is 71.0 Å². The Labute approximate surface area is 146 Å². The summed E-state index contributed by atoms with van der Waals surface area (Å²) in [6.45, 7) is 10.9. The summed E-state index contributed by atoms with van der Waals surface area (Å²) in [5.41, 5.74) is 1.45. The second-order valence-electron chi connectivity index (χ2n) is 7.65. The molecule has 2 heterocycles. The number of rotatable bonds is 4. The molecule has 0 amide bonds. The minimum absolute atomic E-state index is 0.807. The Morgan fingerprint density at radius 2 is 1.42 bits per heavy atom. The van der Waals surface area contributed by atoms with E-state index in [2.05, 4.69) is 50.3 Å². The fourth-order valence-electron chi connectivity index (χ4n) is 4.88. The van der Waals surface area contributed by atoms with Crippen molar-refractivity contribution in [1.29, 1.82) is 0 Å². The molecule has 24 heavy (non-hydrogen) atoms. The summed E-state index contributed by atoms with van der Waals surface area (Å²) >= 11 is 0. The maximum atomic E-state index is 3.50. The van der Waals surface area contributed by atoms with Gasteiger partial charge in [0.2, 0.25) is 0 Å². The van der Waals surface area contributed by atoms with Gasteiger partial charge in [-0.15, -0.1) is 0 Å². The molecule has 2 aliphatic heterocycles. The number of piperazine rings is 2. The van der Waals surface area contributed by atoms with Gasteiger partial charge >= 0.3 is 0 Å². The van der Waals surface area contributed by atoms with Crippen molar-refractivity contribution in [1.82, 2.24) is 20.0 Å². The number of nitrogens with one attached hydrogen (secondary N) is 1. The molecule has 4 nitrogen and oxygen atoms in total. The Bertz CT molecular complexity index is 492. The first-order valence-corrected chi connectivity index (χ1v) is 9.85. The van der Waals surface area contributed by atoms with Crippen LogP contribution in [0, 0.1) is 0 Å². The molecule has 3 fully saturated rings. The molecule has 1 N–H and O–H groups in total. The van der Waals surface area contributed by atoms with Crippen molar-refractivity contribution in [2.24, 2.45) is 0 Å². The Balaban J connectivity index is 1.30. The van der Waals surface area contributed by atoms with E-state index in [1.807, 2.05) is 0 Å². The number of nitrogens with zero attached hydrogens (tertiary/aromatic N) is 3. The second kappa shape index (κ2) is 7.96. The lowest BCUT2D eigenvalue weighted by molar-refractivity contribution is 0.0466. The van der Waals surface area contributed by atoms with Crippen molar-refractivity contribution in [2.45, 2.75) is 37.9 Å². The lowest BCUT2D eigenvalue weighted by Crippen LogP contribution is -2.57. The van der Waals surface area contributed by atoms with E-state index in [1.54, 1.807) is 0 Å². The molecule has 132 valence electrons. The van der Waals surface area contributed by atoms with E-state index < -0.39 is 0 Å². The molecule has 2 atom stereocenters. The molecular formula is C20H32N4. The third-order valence-electron chi connectivity index (χ3n) is 6.19. The molecule has 4 heteroatoms. The predicted octanol–water partition coefficient (Wildman–Crippen LogP) is 1.63. The van der Waals surface area contributed by atoms with E-state index in [9.17, 15) is 0 Å². The summed E-state index contributed by atoms with van der Waals surface area (Å²) in [7, 11) is 0. The van der Waals surface area contributed by atoms with E-state index >= 15 is 0 Å². The maximum Gasteiger partial charge on any atom is 0.0252 e. The van der Waals surface area contributed by atoms with Crippen molar-refractivity contribution >= 4 is 0 Å². The van der Waals surface area contributed by atoms with Crippen LogP contribution < -0.4 is 5.32 Å². The number of hydrogen-bond acceptors (Lipinski definition) is 4. The topological polar surface area (TPSA) is 21.8 Å². The van der Waals surface area contributed by atoms with Crippen LogP contribution in [0.2, 0.25) is 0 Å². The van der Waals surface area contributed by atoms with Gasteiger partial charge in [0.1, 0.15) is 0 Å². The summed E-state index contributed by atoms with van der Waals surface area (Å²) in [6.07, 6.45) is 4.24. The molecule has 1 saturated carbocycles. The molecule has 0 unspecified atom stereocenters. The first-order valence-electron chi connectivity index (χ1n) is 9.85. The standard InChI is InChI=1S/C20H32N4/c1-2-5-18(6-3-1)17-22-13-15-24(16-14-22)20-8-4-7-19(20)23-11-9-21-10-12-23/h1-3,5-6,19-21H,4,7-17H2/t19-,20+/m1/s1. The third-order valence-corrected chi connectivity index (χ3v) is 6.19. The van der Waals surface area contributed by atoms with Crippen LogP contribution >= 0.6 is 0 Å². The zero-order valence-electron chi connectivity index (χ0n) is 14.9. The van der Waals surface area contributed by atoms with Crippen molar-refractivity contribution in [3.05, 3.63) is 35.9 Å². The van der Waals surface area contributed by atoms with Gasteiger partial charge in [0.05, 0.1) is 0 Å². The predicted molar refractivity (Wildman–Crippen MR) is 99.2 cm³/mol. The number of hydrogen-bond donors (Lipinski definition) is 1. The summed E-state index contributed by atoms with van der Waals surface area (Å²) in [6, 6.07) is 12.5. The van der Waals surface area contributed by atoms with Crippen LogP contribution in [0.5, 0.6) is 0 Å². The molecule has 1 aliphatic carbocycles. The summed E-state index contributed by atoms with van der Waals surface area (Å²) in [5.74, 6) is 0. The lowest BCUT2D eigenvalue weighted by Gasteiger charge is -2.44. The first kappa shape index (κ1) is 16.5. The van der Waals surface area contributed by atoms with Gasteiger partial charge in [-0.05, 0) is 18.4 Å². The second-order valence-corrected chi connectivity index (χ2v) is 7.65. The highest BCUT2D eigenvalue weighted by Gasteiger charge is 2.37. The highest BCUT2D eigenvalue weighted by atomic mass is 15.3. The average Bonchev–Trinajstić information content (AvgIpc) is 3.14. The summed E-state index contributed by atoms with van der Waals surface area (Å²) in [4.78, 5) is 8.20. The Hall–Kier alpha value is -0.940.